The molecule has 0 spiro atoms. The molecule has 0 aliphatic heterocycles. The molecule has 82 valence electrons. The van der Waals surface area contributed by atoms with E-state index < -0.39 is 5.63 Å². The van der Waals surface area contributed by atoms with E-state index in [-0.39, 0.29) is 5.78 Å². The molecule has 0 N–H and O–H groups in total. The Hall–Kier alpha value is -2.10. The summed E-state index contributed by atoms with van der Waals surface area (Å²) < 4.78 is 10.0. The molecule has 0 fully saturated rings. The molecule has 0 amide bonds. The van der Waals surface area contributed by atoms with Crippen LogP contribution in [-0.2, 0) is 0 Å². The van der Waals surface area contributed by atoms with Gasteiger partial charge in [0.25, 0.3) is 0 Å². The first kappa shape index (κ1) is 10.4. The summed E-state index contributed by atoms with van der Waals surface area (Å²) in [5, 5.41) is 0.618. The number of carbonyl (C=O) groups is 1. The Balaban J connectivity index is 2.83. The number of Topliss-reactive ketones (excluding diaryl/α,β-unsaturated/α-hetero) is 1. The average molecular weight is 218 g/mol. The third-order valence-electron chi connectivity index (χ3n) is 2.33. The van der Waals surface area contributed by atoms with E-state index >= 15 is 0 Å². The summed E-state index contributed by atoms with van der Waals surface area (Å²) in [6.45, 7) is 1.42. The number of ether oxygens (including phenoxy) is 1. The number of hydrogen-bond donors (Lipinski definition) is 0. The van der Waals surface area contributed by atoms with E-state index in [1.807, 2.05) is 0 Å². The van der Waals surface area contributed by atoms with Crippen LogP contribution >= 0.6 is 0 Å². The van der Waals surface area contributed by atoms with Crippen molar-refractivity contribution in [1.82, 2.24) is 0 Å². The third kappa shape index (κ3) is 1.69. The Morgan fingerprint density at radius 1 is 1.31 bits per heavy atom. The lowest BCUT2D eigenvalue weighted by Gasteiger charge is -2.03. The Bertz CT molecular complexity index is 610. The summed E-state index contributed by atoms with van der Waals surface area (Å²) in [7, 11) is 1.52. The number of ketones is 1. The van der Waals surface area contributed by atoms with Gasteiger partial charge in [-0.3, -0.25) is 4.79 Å². The quantitative estimate of drug-likeness (QED) is 0.571. The Labute approximate surface area is 91.4 Å². The van der Waals surface area contributed by atoms with Gasteiger partial charge in [0, 0.05) is 23.1 Å². The minimum Gasteiger partial charge on any atom is -0.497 e. The molecule has 0 saturated carbocycles. The van der Waals surface area contributed by atoms with Crippen molar-refractivity contribution in [1.29, 1.82) is 0 Å². The van der Waals surface area contributed by atoms with Crippen molar-refractivity contribution in [3.05, 3.63) is 40.2 Å². The molecule has 0 aliphatic carbocycles. The smallest absolute Gasteiger partial charge is 0.336 e. The van der Waals surface area contributed by atoms with Gasteiger partial charge in [-0.25, -0.2) is 4.79 Å². The molecule has 2 rings (SSSR count). The molecule has 0 bridgehead atoms. The summed E-state index contributed by atoms with van der Waals surface area (Å²) >= 11 is 0. The lowest BCUT2D eigenvalue weighted by molar-refractivity contribution is 0.101. The van der Waals surface area contributed by atoms with Crippen LogP contribution in [0.3, 0.4) is 0 Å². The number of methoxy groups -OCH3 is 1. The number of rotatable bonds is 2. The first-order valence-electron chi connectivity index (χ1n) is 4.74. The molecule has 16 heavy (non-hydrogen) atoms. The minimum absolute atomic E-state index is 0.164. The zero-order chi connectivity index (χ0) is 11.7. The SMILES string of the molecule is COc1ccc2c(C(C)=O)cc(=O)oc2c1. The second-order valence-corrected chi connectivity index (χ2v) is 3.40. The van der Waals surface area contributed by atoms with Crippen molar-refractivity contribution >= 4 is 16.8 Å². The second kappa shape index (κ2) is 3.81. The Morgan fingerprint density at radius 3 is 2.69 bits per heavy atom. The van der Waals surface area contributed by atoms with Gasteiger partial charge >= 0.3 is 5.63 Å². The normalized spacial score (nSPS) is 10.4. The maximum absolute atomic E-state index is 11.4. The predicted octanol–water partition coefficient (Wildman–Crippen LogP) is 2.00. The summed E-state index contributed by atoms with van der Waals surface area (Å²) in [6.07, 6.45) is 0. The Morgan fingerprint density at radius 2 is 2.06 bits per heavy atom. The number of fused-ring (bicyclic) bond motifs is 1. The van der Waals surface area contributed by atoms with Crippen LogP contribution in [-0.4, -0.2) is 12.9 Å². The summed E-state index contributed by atoms with van der Waals surface area (Å²) in [5.74, 6) is 0.416. The van der Waals surface area contributed by atoms with E-state index in [0.29, 0.717) is 22.3 Å². The van der Waals surface area contributed by atoms with Crippen molar-refractivity contribution in [3.63, 3.8) is 0 Å². The highest BCUT2D eigenvalue weighted by molar-refractivity contribution is 6.05. The highest BCUT2D eigenvalue weighted by atomic mass is 16.5. The van der Waals surface area contributed by atoms with Crippen LogP contribution in [0.5, 0.6) is 5.75 Å². The fourth-order valence-electron chi connectivity index (χ4n) is 1.56. The first-order chi connectivity index (χ1) is 7.61. The van der Waals surface area contributed by atoms with Crippen LogP contribution in [0, 0.1) is 0 Å². The van der Waals surface area contributed by atoms with Gasteiger partial charge in [-0.15, -0.1) is 0 Å². The van der Waals surface area contributed by atoms with Crippen LogP contribution in [0.1, 0.15) is 17.3 Å². The highest BCUT2D eigenvalue weighted by Gasteiger charge is 2.09. The summed E-state index contributed by atoms with van der Waals surface area (Å²) in [5.41, 5.74) is 0.192. The van der Waals surface area contributed by atoms with Crippen LogP contribution in [0.2, 0.25) is 0 Å². The summed E-state index contributed by atoms with van der Waals surface area (Å²) in [6, 6.07) is 6.21. The van der Waals surface area contributed by atoms with Gasteiger partial charge in [-0.1, -0.05) is 0 Å². The van der Waals surface area contributed by atoms with Crippen molar-refractivity contribution < 1.29 is 13.9 Å². The van der Waals surface area contributed by atoms with E-state index in [4.69, 9.17) is 9.15 Å². The number of carbonyl (C=O) groups excluding carboxylic acids is 1. The lowest BCUT2D eigenvalue weighted by atomic mass is 10.1. The lowest BCUT2D eigenvalue weighted by Crippen LogP contribution is -2.04. The molecular formula is C12H10O4. The molecule has 0 unspecified atom stereocenters. The molecule has 0 atom stereocenters. The molecule has 0 aliphatic rings. The molecule has 4 heteroatoms. The van der Waals surface area contributed by atoms with E-state index in [1.54, 1.807) is 18.2 Å². The van der Waals surface area contributed by atoms with Crippen LogP contribution in [0.15, 0.2) is 33.5 Å². The zero-order valence-electron chi connectivity index (χ0n) is 8.94. The maximum Gasteiger partial charge on any atom is 0.336 e. The van der Waals surface area contributed by atoms with Gasteiger partial charge in [-0.2, -0.15) is 0 Å². The van der Waals surface area contributed by atoms with Gasteiger partial charge in [0.2, 0.25) is 0 Å². The number of hydrogen-bond acceptors (Lipinski definition) is 4. The minimum atomic E-state index is -0.536. The molecule has 0 radical (unpaired) electrons. The standard InChI is InChI=1S/C12H10O4/c1-7(13)10-6-12(14)16-11-5-8(15-2)3-4-9(10)11/h3-6H,1-2H3. The van der Waals surface area contributed by atoms with Crippen molar-refractivity contribution in [2.24, 2.45) is 0 Å². The topological polar surface area (TPSA) is 56.5 Å². The molecule has 2 aromatic rings. The van der Waals surface area contributed by atoms with Gasteiger partial charge in [0.15, 0.2) is 5.78 Å². The van der Waals surface area contributed by atoms with Crippen LogP contribution < -0.4 is 10.4 Å². The average Bonchev–Trinajstić information content (AvgIpc) is 2.26. The van der Waals surface area contributed by atoms with E-state index in [9.17, 15) is 9.59 Å². The van der Waals surface area contributed by atoms with Crippen molar-refractivity contribution in [2.75, 3.05) is 7.11 Å². The molecule has 1 aromatic carbocycles. The highest BCUT2D eigenvalue weighted by Crippen LogP contribution is 2.22. The maximum atomic E-state index is 11.4. The van der Waals surface area contributed by atoms with E-state index in [2.05, 4.69) is 0 Å². The second-order valence-electron chi connectivity index (χ2n) is 3.40. The summed E-state index contributed by atoms with van der Waals surface area (Å²) in [4.78, 5) is 22.6. The van der Waals surface area contributed by atoms with Crippen molar-refractivity contribution in [3.8, 4) is 5.75 Å². The fourth-order valence-corrected chi connectivity index (χ4v) is 1.56. The molecule has 4 nitrogen and oxygen atoms in total. The molecule has 1 aromatic heterocycles. The van der Waals surface area contributed by atoms with E-state index in [0.717, 1.165) is 0 Å². The van der Waals surface area contributed by atoms with Gasteiger partial charge in [0.1, 0.15) is 11.3 Å². The fraction of sp³-hybridized carbons (Fsp3) is 0.167. The molecular weight excluding hydrogens is 208 g/mol. The predicted molar refractivity (Wildman–Crippen MR) is 59.0 cm³/mol. The first-order valence-corrected chi connectivity index (χ1v) is 4.74. The van der Waals surface area contributed by atoms with Crippen LogP contribution in [0.4, 0.5) is 0 Å². The van der Waals surface area contributed by atoms with Crippen molar-refractivity contribution in [2.45, 2.75) is 6.92 Å². The molecule has 0 saturated heterocycles. The third-order valence-corrected chi connectivity index (χ3v) is 2.33. The van der Waals surface area contributed by atoms with Crippen LogP contribution in [0.25, 0.3) is 11.0 Å². The largest absolute Gasteiger partial charge is 0.497 e. The van der Waals surface area contributed by atoms with E-state index in [1.165, 1.54) is 20.1 Å². The number of benzene rings is 1. The molecule has 1 heterocycles. The van der Waals surface area contributed by atoms with Gasteiger partial charge in [0.05, 0.1) is 7.11 Å². The monoisotopic (exact) mass is 218 g/mol. The zero-order valence-corrected chi connectivity index (χ0v) is 8.94. The Kier molecular flexibility index (Phi) is 2.48. The van der Waals surface area contributed by atoms with Gasteiger partial charge < -0.3 is 9.15 Å². The van der Waals surface area contributed by atoms with Gasteiger partial charge in [-0.05, 0) is 19.1 Å².